The van der Waals surface area contributed by atoms with Crippen LogP contribution >= 0.6 is 0 Å². The lowest BCUT2D eigenvalue weighted by Crippen LogP contribution is -2.40. The number of hydrogen-bond acceptors (Lipinski definition) is 5. The molecule has 1 aliphatic heterocycles. The molecule has 0 radical (unpaired) electrons. The van der Waals surface area contributed by atoms with Crippen molar-refractivity contribution in [1.29, 1.82) is 0 Å². The Bertz CT molecular complexity index is 519. The molecule has 116 valence electrons. The van der Waals surface area contributed by atoms with Crippen molar-refractivity contribution in [2.45, 2.75) is 13.3 Å². The van der Waals surface area contributed by atoms with Gasteiger partial charge in [0.25, 0.3) is 0 Å². The van der Waals surface area contributed by atoms with E-state index in [4.69, 9.17) is 15.6 Å². The fourth-order valence-corrected chi connectivity index (χ4v) is 2.63. The Morgan fingerprint density at radius 2 is 2.29 bits per heavy atom. The van der Waals surface area contributed by atoms with E-state index in [0.717, 1.165) is 24.2 Å². The van der Waals surface area contributed by atoms with Gasteiger partial charge in [-0.25, -0.2) is 0 Å². The molecule has 21 heavy (non-hydrogen) atoms. The fraction of sp³-hybridized carbons (Fsp3) is 0.533. The molecule has 0 atom stereocenters. The quantitative estimate of drug-likeness (QED) is 0.746. The molecule has 6 nitrogen and oxygen atoms in total. The van der Waals surface area contributed by atoms with Crippen LogP contribution in [0.1, 0.15) is 12.5 Å². The smallest absolute Gasteiger partial charge is 0.241 e. The summed E-state index contributed by atoms with van der Waals surface area (Å²) in [5.74, 6) is 0.687. The van der Waals surface area contributed by atoms with Crippen LogP contribution in [-0.2, 0) is 11.2 Å². The summed E-state index contributed by atoms with van der Waals surface area (Å²) in [7, 11) is 1.59. The number of likely N-dealkylation sites (N-methyl/N-ethyl adjacent to an activating group) is 1. The number of nitrogens with two attached hydrogens (primary N) is 1. The van der Waals surface area contributed by atoms with Crippen molar-refractivity contribution < 1.29 is 14.6 Å². The van der Waals surface area contributed by atoms with Crippen LogP contribution in [0.3, 0.4) is 0 Å². The number of rotatable bonds is 6. The highest BCUT2D eigenvalue weighted by Crippen LogP contribution is 2.35. The van der Waals surface area contributed by atoms with E-state index in [1.54, 1.807) is 18.1 Å². The zero-order valence-electron chi connectivity index (χ0n) is 12.6. The largest absolute Gasteiger partial charge is 0.495 e. The summed E-state index contributed by atoms with van der Waals surface area (Å²) in [4.78, 5) is 16.1. The van der Waals surface area contributed by atoms with Gasteiger partial charge in [-0.05, 0) is 30.7 Å². The monoisotopic (exact) mass is 293 g/mol. The Labute approximate surface area is 125 Å². The van der Waals surface area contributed by atoms with E-state index in [0.29, 0.717) is 31.1 Å². The summed E-state index contributed by atoms with van der Waals surface area (Å²) >= 11 is 0. The van der Waals surface area contributed by atoms with Crippen molar-refractivity contribution in [3.63, 3.8) is 0 Å². The van der Waals surface area contributed by atoms with Crippen molar-refractivity contribution in [3.8, 4) is 5.75 Å². The second kappa shape index (κ2) is 6.78. The number of ether oxygens (including phenoxy) is 1. The average molecular weight is 293 g/mol. The molecule has 0 aliphatic carbocycles. The third-order valence-electron chi connectivity index (χ3n) is 3.85. The molecule has 0 fully saturated rings. The number of aliphatic hydroxyl groups excluding tert-OH is 1. The summed E-state index contributed by atoms with van der Waals surface area (Å²) in [6.45, 7) is 4.25. The number of benzene rings is 1. The minimum Gasteiger partial charge on any atom is -0.495 e. The van der Waals surface area contributed by atoms with Crippen LogP contribution in [0.5, 0.6) is 5.75 Å². The Morgan fingerprint density at radius 1 is 1.52 bits per heavy atom. The highest BCUT2D eigenvalue weighted by Gasteiger charge is 2.26. The van der Waals surface area contributed by atoms with Gasteiger partial charge in [0, 0.05) is 18.8 Å². The van der Waals surface area contributed by atoms with E-state index < -0.39 is 0 Å². The first kappa shape index (κ1) is 15.6. The molecular weight excluding hydrogens is 270 g/mol. The minimum atomic E-state index is 0.0358. The number of nitrogen functional groups attached to an aromatic ring is 1. The van der Waals surface area contributed by atoms with E-state index in [1.165, 1.54) is 0 Å². The summed E-state index contributed by atoms with van der Waals surface area (Å²) < 4.78 is 5.22. The Kier molecular flexibility index (Phi) is 5.03. The maximum atomic E-state index is 12.4. The van der Waals surface area contributed by atoms with Gasteiger partial charge in [-0.2, -0.15) is 0 Å². The number of nitrogens with zero attached hydrogens (tertiary/aromatic N) is 2. The number of carbonyl (C=O) groups is 1. The second-order valence-electron chi connectivity index (χ2n) is 5.11. The lowest BCUT2D eigenvalue weighted by molar-refractivity contribution is -0.119. The molecule has 0 saturated heterocycles. The van der Waals surface area contributed by atoms with Gasteiger partial charge in [0.05, 0.1) is 25.9 Å². The minimum absolute atomic E-state index is 0.0358. The zero-order chi connectivity index (χ0) is 15.4. The van der Waals surface area contributed by atoms with Crippen molar-refractivity contribution in [3.05, 3.63) is 17.7 Å². The molecular formula is C15H23N3O3. The summed E-state index contributed by atoms with van der Waals surface area (Å²) in [6, 6.07) is 3.71. The molecule has 0 bridgehead atoms. The van der Waals surface area contributed by atoms with Crippen LogP contribution in [0.15, 0.2) is 12.1 Å². The second-order valence-corrected chi connectivity index (χ2v) is 5.11. The number of anilines is 2. The standard InChI is InChI=1S/C15H23N3O3/c1-3-17(6-7-19)10-15(20)18-5-4-11-8-14(21-2)12(16)9-13(11)18/h8-9,19H,3-7,10,16H2,1-2H3. The fourth-order valence-electron chi connectivity index (χ4n) is 2.63. The Balaban J connectivity index is 2.14. The highest BCUT2D eigenvalue weighted by molar-refractivity contribution is 5.97. The normalized spacial score (nSPS) is 13.6. The number of hydrogen-bond donors (Lipinski definition) is 2. The number of fused-ring (bicyclic) bond motifs is 1. The number of carbonyl (C=O) groups excluding carboxylic acids is 1. The average Bonchev–Trinajstić information content (AvgIpc) is 2.88. The highest BCUT2D eigenvalue weighted by atomic mass is 16.5. The molecule has 1 aromatic rings. The summed E-state index contributed by atoms with van der Waals surface area (Å²) in [5, 5.41) is 9.00. The maximum Gasteiger partial charge on any atom is 0.241 e. The predicted molar refractivity (Wildman–Crippen MR) is 82.7 cm³/mol. The molecule has 0 aromatic heterocycles. The van der Waals surface area contributed by atoms with E-state index in [2.05, 4.69) is 0 Å². The van der Waals surface area contributed by atoms with E-state index in [-0.39, 0.29) is 12.5 Å². The SMILES string of the molecule is CCN(CCO)CC(=O)N1CCc2cc(OC)c(N)cc21. The lowest BCUT2D eigenvalue weighted by Gasteiger charge is -2.23. The van der Waals surface area contributed by atoms with E-state index >= 15 is 0 Å². The summed E-state index contributed by atoms with van der Waals surface area (Å²) in [6.07, 6.45) is 0.809. The number of methoxy groups -OCH3 is 1. The predicted octanol–water partition coefficient (Wildman–Crippen LogP) is 0.481. The zero-order valence-corrected chi connectivity index (χ0v) is 12.6. The molecule has 1 aliphatic rings. The van der Waals surface area contributed by atoms with Crippen molar-refractivity contribution in [1.82, 2.24) is 4.90 Å². The van der Waals surface area contributed by atoms with Gasteiger partial charge in [0.15, 0.2) is 0 Å². The molecule has 1 aromatic carbocycles. The first-order valence-electron chi connectivity index (χ1n) is 7.20. The molecule has 1 heterocycles. The van der Waals surface area contributed by atoms with Gasteiger partial charge in [-0.15, -0.1) is 0 Å². The molecule has 1 amide bonds. The Hall–Kier alpha value is -1.79. The van der Waals surface area contributed by atoms with Crippen LogP contribution in [-0.4, -0.2) is 55.8 Å². The molecule has 0 unspecified atom stereocenters. The molecule has 2 rings (SSSR count). The lowest BCUT2D eigenvalue weighted by atomic mass is 10.1. The first-order chi connectivity index (χ1) is 10.1. The molecule has 0 spiro atoms. The van der Waals surface area contributed by atoms with E-state index in [1.807, 2.05) is 17.9 Å². The topological polar surface area (TPSA) is 79.0 Å². The van der Waals surface area contributed by atoms with Crippen LogP contribution < -0.4 is 15.4 Å². The van der Waals surface area contributed by atoms with Crippen LogP contribution in [0.25, 0.3) is 0 Å². The third kappa shape index (κ3) is 3.28. The summed E-state index contributed by atoms with van der Waals surface area (Å²) in [5.41, 5.74) is 8.43. The van der Waals surface area contributed by atoms with Crippen LogP contribution in [0, 0.1) is 0 Å². The molecule has 6 heteroatoms. The van der Waals surface area contributed by atoms with E-state index in [9.17, 15) is 4.79 Å². The van der Waals surface area contributed by atoms with Crippen LogP contribution in [0.2, 0.25) is 0 Å². The van der Waals surface area contributed by atoms with Crippen molar-refractivity contribution in [2.75, 3.05) is 50.5 Å². The first-order valence-corrected chi connectivity index (χ1v) is 7.20. The molecule has 3 N–H and O–H groups in total. The van der Waals surface area contributed by atoms with Gasteiger partial charge in [-0.1, -0.05) is 6.92 Å². The van der Waals surface area contributed by atoms with Gasteiger partial charge in [0.1, 0.15) is 5.75 Å². The van der Waals surface area contributed by atoms with Crippen molar-refractivity contribution in [2.24, 2.45) is 0 Å². The third-order valence-corrected chi connectivity index (χ3v) is 3.85. The van der Waals surface area contributed by atoms with Gasteiger partial charge in [0.2, 0.25) is 5.91 Å². The number of aliphatic hydroxyl groups is 1. The van der Waals surface area contributed by atoms with Crippen LogP contribution in [0.4, 0.5) is 11.4 Å². The Morgan fingerprint density at radius 3 is 2.90 bits per heavy atom. The van der Waals surface area contributed by atoms with Gasteiger partial charge >= 0.3 is 0 Å². The van der Waals surface area contributed by atoms with Crippen molar-refractivity contribution >= 4 is 17.3 Å². The number of amides is 1. The molecule has 0 saturated carbocycles. The van der Waals surface area contributed by atoms with Gasteiger partial charge < -0.3 is 20.5 Å². The van der Waals surface area contributed by atoms with Gasteiger partial charge in [-0.3, -0.25) is 9.69 Å². The maximum absolute atomic E-state index is 12.4.